The van der Waals surface area contributed by atoms with Gasteiger partial charge in [-0.15, -0.1) is 0 Å². The van der Waals surface area contributed by atoms with E-state index in [0.29, 0.717) is 18.8 Å². The SMILES string of the molecule is Cn1ccc(C(=O)OC2CN(c3nc4ccc(F)cc4s3)C2)n1. The maximum Gasteiger partial charge on any atom is 0.359 e. The number of nitrogens with zero attached hydrogens (tertiary/aromatic N) is 4. The fraction of sp³-hybridized carbons (Fsp3) is 0.267. The van der Waals surface area contributed by atoms with Crippen molar-refractivity contribution >= 4 is 32.7 Å². The number of benzene rings is 1. The number of hydrogen-bond donors (Lipinski definition) is 0. The Morgan fingerprint density at radius 1 is 1.39 bits per heavy atom. The summed E-state index contributed by atoms with van der Waals surface area (Å²) in [7, 11) is 1.75. The summed E-state index contributed by atoms with van der Waals surface area (Å²) in [6.07, 6.45) is 1.53. The lowest BCUT2D eigenvalue weighted by Gasteiger charge is -2.37. The van der Waals surface area contributed by atoms with Crippen molar-refractivity contribution in [1.29, 1.82) is 0 Å². The van der Waals surface area contributed by atoms with E-state index in [1.807, 2.05) is 4.90 Å². The molecule has 0 radical (unpaired) electrons. The smallest absolute Gasteiger partial charge is 0.359 e. The van der Waals surface area contributed by atoms with Crippen molar-refractivity contribution in [3.63, 3.8) is 0 Å². The number of fused-ring (bicyclic) bond motifs is 1. The van der Waals surface area contributed by atoms with Crippen molar-refractivity contribution < 1.29 is 13.9 Å². The van der Waals surface area contributed by atoms with Gasteiger partial charge in [-0.2, -0.15) is 5.10 Å². The first-order valence-electron chi connectivity index (χ1n) is 7.10. The van der Waals surface area contributed by atoms with E-state index in [4.69, 9.17) is 4.74 Å². The van der Waals surface area contributed by atoms with Crippen LogP contribution in [0.2, 0.25) is 0 Å². The first-order valence-corrected chi connectivity index (χ1v) is 7.92. The molecule has 0 unspecified atom stereocenters. The Bertz CT molecular complexity index is 885. The molecule has 0 atom stereocenters. The molecule has 3 aromatic rings. The highest BCUT2D eigenvalue weighted by Gasteiger charge is 2.32. The zero-order chi connectivity index (χ0) is 16.0. The van der Waals surface area contributed by atoms with Crippen LogP contribution < -0.4 is 4.90 Å². The molecule has 1 saturated heterocycles. The van der Waals surface area contributed by atoms with Gasteiger partial charge < -0.3 is 9.64 Å². The molecular weight excluding hydrogens is 319 g/mol. The normalized spacial score (nSPS) is 15.0. The van der Waals surface area contributed by atoms with E-state index in [9.17, 15) is 9.18 Å². The number of carbonyl (C=O) groups excluding carboxylic acids is 1. The first kappa shape index (κ1) is 14.1. The van der Waals surface area contributed by atoms with Gasteiger partial charge in [-0.05, 0) is 24.3 Å². The summed E-state index contributed by atoms with van der Waals surface area (Å²) in [5.74, 6) is -0.680. The quantitative estimate of drug-likeness (QED) is 0.688. The van der Waals surface area contributed by atoms with E-state index in [1.165, 1.54) is 23.5 Å². The Morgan fingerprint density at radius 3 is 2.96 bits per heavy atom. The van der Waals surface area contributed by atoms with Crippen molar-refractivity contribution in [3.05, 3.63) is 42.0 Å². The van der Waals surface area contributed by atoms with Crippen molar-refractivity contribution in [1.82, 2.24) is 14.8 Å². The van der Waals surface area contributed by atoms with E-state index in [2.05, 4.69) is 10.1 Å². The standard InChI is InChI=1S/C15H13FN4O2S/c1-19-5-4-12(18-19)14(21)22-10-7-20(8-10)15-17-11-3-2-9(16)6-13(11)23-15/h2-6,10H,7-8H2,1H3. The first-order chi connectivity index (χ1) is 11.1. The second kappa shape index (κ2) is 5.31. The van der Waals surface area contributed by atoms with E-state index >= 15 is 0 Å². The number of carbonyl (C=O) groups is 1. The fourth-order valence-electron chi connectivity index (χ4n) is 2.43. The molecule has 0 spiro atoms. The molecule has 1 aliphatic rings. The Morgan fingerprint density at radius 2 is 2.22 bits per heavy atom. The molecule has 1 aromatic carbocycles. The Kier molecular flexibility index (Phi) is 3.26. The van der Waals surface area contributed by atoms with E-state index in [1.54, 1.807) is 30.1 Å². The van der Waals surface area contributed by atoms with Crippen LogP contribution in [0.1, 0.15) is 10.5 Å². The third-order valence-corrected chi connectivity index (χ3v) is 4.73. The van der Waals surface area contributed by atoms with Gasteiger partial charge in [-0.3, -0.25) is 4.68 Å². The lowest BCUT2D eigenvalue weighted by molar-refractivity contribution is 0.0226. The van der Waals surface area contributed by atoms with Crippen LogP contribution in [0.5, 0.6) is 0 Å². The summed E-state index contributed by atoms with van der Waals surface area (Å²) in [6, 6.07) is 6.18. The predicted octanol–water partition coefficient (Wildman–Crippen LogP) is 2.21. The molecule has 0 bridgehead atoms. The van der Waals surface area contributed by atoms with Crippen molar-refractivity contribution in [2.45, 2.75) is 6.10 Å². The maximum absolute atomic E-state index is 13.2. The van der Waals surface area contributed by atoms with Crippen LogP contribution in [0.15, 0.2) is 30.5 Å². The van der Waals surface area contributed by atoms with E-state index < -0.39 is 5.97 Å². The van der Waals surface area contributed by atoms with Crippen LogP contribution in [0, 0.1) is 5.82 Å². The monoisotopic (exact) mass is 332 g/mol. The van der Waals surface area contributed by atoms with Gasteiger partial charge in [0.15, 0.2) is 10.8 Å². The van der Waals surface area contributed by atoms with Gasteiger partial charge in [0, 0.05) is 13.2 Å². The minimum atomic E-state index is -0.415. The summed E-state index contributed by atoms with van der Waals surface area (Å²) < 4.78 is 21.0. The average Bonchev–Trinajstić information content (AvgIpc) is 3.07. The van der Waals surface area contributed by atoms with Gasteiger partial charge in [0.1, 0.15) is 11.9 Å². The second-order valence-electron chi connectivity index (χ2n) is 5.42. The van der Waals surface area contributed by atoms with Gasteiger partial charge in [0.2, 0.25) is 0 Å². The number of aromatic nitrogens is 3. The number of ether oxygens (including phenoxy) is 1. The van der Waals surface area contributed by atoms with Gasteiger partial charge >= 0.3 is 5.97 Å². The number of anilines is 1. The Balaban J connectivity index is 1.39. The molecule has 0 aliphatic carbocycles. The van der Waals surface area contributed by atoms with Crippen molar-refractivity contribution in [3.8, 4) is 0 Å². The van der Waals surface area contributed by atoms with Gasteiger partial charge in [0.05, 0.1) is 23.3 Å². The van der Waals surface area contributed by atoms with Gasteiger partial charge in [0.25, 0.3) is 0 Å². The van der Waals surface area contributed by atoms with Gasteiger partial charge in [-0.1, -0.05) is 11.3 Å². The zero-order valence-electron chi connectivity index (χ0n) is 12.3. The highest BCUT2D eigenvalue weighted by molar-refractivity contribution is 7.22. The number of esters is 1. The molecule has 4 rings (SSSR count). The molecule has 0 amide bonds. The summed E-state index contributed by atoms with van der Waals surface area (Å²) in [4.78, 5) is 18.4. The zero-order valence-corrected chi connectivity index (χ0v) is 13.1. The molecule has 1 fully saturated rings. The van der Waals surface area contributed by atoms with E-state index in [-0.39, 0.29) is 11.9 Å². The molecule has 1 aliphatic heterocycles. The summed E-state index contributed by atoms with van der Waals surface area (Å²) in [5.41, 5.74) is 1.08. The highest BCUT2D eigenvalue weighted by Crippen LogP contribution is 2.32. The largest absolute Gasteiger partial charge is 0.454 e. The molecule has 23 heavy (non-hydrogen) atoms. The molecule has 3 heterocycles. The average molecular weight is 332 g/mol. The summed E-state index contributed by atoms with van der Waals surface area (Å²) >= 11 is 1.43. The Hall–Kier alpha value is -2.48. The van der Waals surface area contributed by atoms with Crippen LogP contribution >= 0.6 is 11.3 Å². The predicted molar refractivity (Wildman–Crippen MR) is 84.2 cm³/mol. The third kappa shape index (κ3) is 2.65. The van der Waals surface area contributed by atoms with Crippen LogP contribution in [-0.4, -0.2) is 39.9 Å². The minimum Gasteiger partial charge on any atom is -0.454 e. The second-order valence-corrected chi connectivity index (χ2v) is 6.42. The molecule has 2 aromatic heterocycles. The summed E-state index contributed by atoms with van der Waals surface area (Å²) in [6.45, 7) is 1.17. The van der Waals surface area contributed by atoms with Crippen LogP contribution in [0.4, 0.5) is 9.52 Å². The third-order valence-electron chi connectivity index (χ3n) is 3.65. The molecule has 118 valence electrons. The van der Waals surface area contributed by atoms with Crippen LogP contribution in [-0.2, 0) is 11.8 Å². The number of halogens is 1. The summed E-state index contributed by atoms with van der Waals surface area (Å²) in [5, 5.41) is 4.83. The maximum atomic E-state index is 13.2. The van der Waals surface area contributed by atoms with Gasteiger partial charge in [-0.25, -0.2) is 14.2 Å². The lowest BCUT2D eigenvalue weighted by Crippen LogP contribution is -2.53. The number of hydrogen-bond acceptors (Lipinski definition) is 6. The Labute approximate surface area is 135 Å². The van der Waals surface area contributed by atoms with Crippen LogP contribution in [0.25, 0.3) is 10.2 Å². The van der Waals surface area contributed by atoms with E-state index in [0.717, 1.165) is 15.3 Å². The number of aryl methyl sites for hydroxylation is 1. The molecule has 6 nitrogen and oxygen atoms in total. The molecule has 0 saturated carbocycles. The topological polar surface area (TPSA) is 60.2 Å². The van der Waals surface area contributed by atoms with Crippen molar-refractivity contribution in [2.75, 3.05) is 18.0 Å². The molecule has 0 N–H and O–H groups in total. The number of thiazole rings is 1. The van der Waals surface area contributed by atoms with Crippen molar-refractivity contribution in [2.24, 2.45) is 7.05 Å². The van der Waals surface area contributed by atoms with Crippen LogP contribution in [0.3, 0.4) is 0 Å². The minimum absolute atomic E-state index is 0.173. The number of rotatable bonds is 3. The molecule has 8 heteroatoms. The molecular formula is C15H13FN4O2S. The fourth-order valence-corrected chi connectivity index (χ4v) is 3.43. The lowest BCUT2D eigenvalue weighted by atomic mass is 10.2. The highest BCUT2D eigenvalue weighted by atomic mass is 32.1.